The fourth-order valence-corrected chi connectivity index (χ4v) is 6.97. The van der Waals surface area contributed by atoms with E-state index in [0.717, 1.165) is 57.6 Å². The van der Waals surface area contributed by atoms with E-state index in [-0.39, 0.29) is 61.5 Å². The first-order chi connectivity index (χ1) is 28.0. The molecule has 0 amide bonds. The number of aliphatic hydroxyl groups is 6. The van der Waals surface area contributed by atoms with Crippen molar-refractivity contribution in [1.29, 1.82) is 0 Å². The Hall–Kier alpha value is -1.52. The molecular formula is C47H92O12. The van der Waals surface area contributed by atoms with E-state index in [0.29, 0.717) is 24.7 Å². The van der Waals surface area contributed by atoms with Crippen LogP contribution in [-0.4, -0.2) is 142 Å². The molecule has 0 saturated heterocycles. The Bertz CT molecular complexity index is 1060. The molecule has 0 aromatic rings. The molecule has 0 fully saturated rings. The lowest BCUT2D eigenvalue weighted by Crippen LogP contribution is -2.32. The van der Waals surface area contributed by atoms with E-state index in [2.05, 4.69) is 46.8 Å². The average molecular weight is 849 g/mol. The summed E-state index contributed by atoms with van der Waals surface area (Å²) in [7, 11) is 10.8. The molecule has 0 aliphatic heterocycles. The maximum atomic E-state index is 10.4. The van der Waals surface area contributed by atoms with Gasteiger partial charge in [0.05, 0.1) is 48.8 Å². The van der Waals surface area contributed by atoms with Crippen LogP contribution in [0.15, 0.2) is 47.6 Å². The molecule has 11 unspecified atom stereocenters. The van der Waals surface area contributed by atoms with Crippen molar-refractivity contribution < 1.29 is 59.1 Å². The SMILES string of the molecule is CCC(OC)C(C)CCC(O)C(C)/C=C/C=C(\C)CC(OC)C(CCO)OC.CCC(OC)C(C)CCC(O)C(C)/C=C/C=C(\C)C[C@H](OC)C(O)C[C@@H](O)OC.CO. The van der Waals surface area contributed by atoms with Crippen LogP contribution in [0.25, 0.3) is 0 Å². The fourth-order valence-electron chi connectivity index (χ4n) is 6.97. The van der Waals surface area contributed by atoms with Crippen molar-refractivity contribution in [2.45, 2.75) is 175 Å². The van der Waals surface area contributed by atoms with Crippen LogP contribution in [0.4, 0.5) is 0 Å². The van der Waals surface area contributed by atoms with Crippen molar-refractivity contribution in [1.82, 2.24) is 0 Å². The summed E-state index contributed by atoms with van der Waals surface area (Å²) in [5.41, 5.74) is 2.21. The van der Waals surface area contributed by atoms with Gasteiger partial charge in [0.25, 0.3) is 0 Å². The first-order valence-corrected chi connectivity index (χ1v) is 21.7. The molecule has 0 radical (unpaired) electrons. The van der Waals surface area contributed by atoms with Crippen LogP contribution in [0, 0.1) is 23.7 Å². The Morgan fingerprint density at radius 3 is 1.19 bits per heavy atom. The average Bonchev–Trinajstić information content (AvgIpc) is 3.23. The highest BCUT2D eigenvalue weighted by molar-refractivity contribution is 5.14. The second-order valence-electron chi connectivity index (χ2n) is 15.9. The molecule has 0 rings (SSSR count). The first-order valence-electron chi connectivity index (χ1n) is 21.7. The summed E-state index contributed by atoms with van der Waals surface area (Å²) >= 11 is 0. The van der Waals surface area contributed by atoms with E-state index in [4.69, 9.17) is 38.6 Å². The highest BCUT2D eigenvalue weighted by Crippen LogP contribution is 2.23. The Morgan fingerprint density at radius 2 is 0.864 bits per heavy atom. The van der Waals surface area contributed by atoms with Crippen LogP contribution >= 0.6 is 0 Å². The zero-order valence-corrected chi connectivity index (χ0v) is 39.9. The van der Waals surface area contributed by atoms with Crippen molar-refractivity contribution in [2.24, 2.45) is 23.7 Å². The van der Waals surface area contributed by atoms with E-state index in [9.17, 15) is 20.4 Å². The summed E-state index contributed by atoms with van der Waals surface area (Å²) < 4.78 is 32.1. The minimum absolute atomic E-state index is 0.0505. The molecular weight excluding hydrogens is 757 g/mol. The lowest BCUT2D eigenvalue weighted by Gasteiger charge is -2.24. The van der Waals surface area contributed by atoms with Crippen molar-refractivity contribution in [3.63, 3.8) is 0 Å². The molecule has 12 heteroatoms. The highest BCUT2D eigenvalue weighted by atomic mass is 16.6. The van der Waals surface area contributed by atoms with E-state index in [1.807, 2.05) is 45.1 Å². The number of methoxy groups -OCH3 is 6. The van der Waals surface area contributed by atoms with Crippen molar-refractivity contribution in [3.8, 4) is 0 Å². The van der Waals surface area contributed by atoms with Gasteiger partial charge < -0.3 is 59.1 Å². The third kappa shape index (κ3) is 29.4. The van der Waals surface area contributed by atoms with Crippen LogP contribution < -0.4 is 0 Å². The molecule has 0 bridgehead atoms. The fraction of sp³-hybridized carbons (Fsp3) is 0.830. The Morgan fingerprint density at radius 1 is 0.492 bits per heavy atom. The predicted octanol–water partition coefficient (Wildman–Crippen LogP) is 7.19. The molecule has 352 valence electrons. The minimum atomic E-state index is -1.01. The first kappa shape index (κ1) is 61.8. The van der Waals surface area contributed by atoms with E-state index < -0.39 is 18.5 Å². The molecule has 0 aliphatic rings. The highest BCUT2D eigenvalue weighted by Gasteiger charge is 2.23. The van der Waals surface area contributed by atoms with Gasteiger partial charge in [-0.3, -0.25) is 0 Å². The van der Waals surface area contributed by atoms with Crippen molar-refractivity contribution in [3.05, 3.63) is 47.6 Å². The normalized spacial score (nSPS) is 19.3. The van der Waals surface area contributed by atoms with Gasteiger partial charge in [-0.1, -0.05) is 89.1 Å². The molecule has 0 spiro atoms. The molecule has 6 N–H and O–H groups in total. The predicted molar refractivity (Wildman–Crippen MR) is 240 cm³/mol. The van der Waals surface area contributed by atoms with Gasteiger partial charge in [0, 0.05) is 74.6 Å². The number of hydrogen-bond donors (Lipinski definition) is 6. The quantitative estimate of drug-likeness (QED) is 0.0297. The summed E-state index contributed by atoms with van der Waals surface area (Å²) in [6, 6.07) is 0. The summed E-state index contributed by atoms with van der Waals surface area (Å²) in [6.07, 6.45) is 16.7. The van der Waals surface area contributed by atoms with Gasteiger partial charge in [-0.2, -0.15) is 0 Å². The van der Waals surface area contributed by atoms with Crippen LogP contribution in [0.3, 0.4) is 0 Å². The summed E-state index contributed by atoms with van der Waals surface area (Å²) in [4.78, 5) is 0. The maximum absolute atomic E-state index is 10.4. The lowest BCUT2D eigenvalue weighted by atomic mass is 9.91. The number of allylic oxidation sites excluding steroid dienone is 4. The summed E-state index contributed by atoms with van der Waals surface area (Å²) in [6.45, 7) is 16.8. The molecule has 13 atom stereocenters. The van der Waals surface area contributed by atoms with Gasteiger partial charge in [0.15, 0.2) is 6.29 Å². The van der Waals surface area contributed by atoms with Gasteiger partial charge in [-0.05, 0) is 83.5 Å². The Labute approximate surface area is 360 Å². The van der Waals surface area contributed by atoms with Gasteiger partial charge in [-0.15, -0.1) is 0 Å². The third-order valence-corrected chi connectivity index (χ3v) is 11.2. The molecule has 12 nitrogen and oxygen atoms in total. The molecule has 0 saturated carbocycles. The van der Waals surface area contributed by atoms with E-state index in [1.165, 1.54) is 12.7 Å². The number of ether oxygens (including phenoxy) is 6. The minimum Gasteiger partial charge on any atom is -0.400 e. The maximum Gasteiger partial charge on any atom is 0.156 e. The van der Waals surface area contributed by atoms with E-state index >= 15 is 0 Å². The van der Waals surface area contributed by atoms with Crippen LogP contribution in [-0.2, 0) is 28.4 Å². The lowest BCUT2D eigenvalue weighted by molar-refractivity contribution is -0.118. The van der Waals surface area contributed by atoms with Crippen LogP contribution in [0.5, 0.6) is 0 Å². The smallest absolute Gasteiger partial charge is 0.156 e. The number of hydrogen-bond acceptors (Lipinski definition) is 12. The summed E-state index contributed by atoms with van der Waals surface area (Å²) in [5.74, 6) is 1.02. The van der Waals surface area contributed by atoms with E-state index in [1.54, 1.807) is 35.5 Å². The van der Waals surface area contributed by atoms with Gasteiger partial charge in [0.1, 0.15) is 0 Å². The molecule has 0 heterocycles. The van der Waals surface area contributed by atoms with Crippen molar-refractivity contribution >= 4 is 0 Å². The Balaban J connectivity index is -0.00000102. The Kier molecular flexibility index (Phi) is 41.2. The third-order valence-electron chi connectivity index (χ3n) is 11.2. The second-order valence-corrected chi connectivity index (χ2v) is 15.9. The van der Waals surface area contributed by atoms with Gasteiger partial charge >= 0.3 is 0 Å². The monoisotopic (exact) mass is 849 g/mol. The second kappa shape index (κ2) is 39.3. The standard InChI is InChI=1S/C23H44O6.C23H44O5.CH4O/c1-8-21(27-5)18(4)12-13-19(24)17(3)11-9-10-16(2)14-22(28-6)20(25)15-23(26)29-7;1-8-21(26-5)19(4)12-13-20(25)18(3)11-9-10-17(2)16-23(28-7)22(27-6)14-15-24;1-2/h9-11,17-26H,8,12-15H2,1-7H3;9-11,18-25H,8,12-16H2,1-7H3;2H,1H3/b11-9+,16-10+;11-9+,17-10+;/t17?,18?,19?,20?,21?,22-,23-;;/m0../s1. The van der Waals surface area contributed by atoms with Gasteiger partial charge in [-0.25, -0.2) is 0 Å². The number of rotatable bonds is 32. The molecule has 59 heavy (non-hydrogen) atoms. The topological polar surface area (TPSA) is 177 Å². The number of aliphatic hydroxyl groups excluding tert-OH is 6. The summed E-state index contributed by atoms with van der Waals surface area (Å²) in [5, 5.41) is 56.7. The van der Waals surface area contributed by atoms with Crippen LogP contribution in [0.2, 0.25) is 0 Å². The zero-order valence-electron chi connectivity index (χ0n) is 39.9. The molecule has 0 aliphatic carbocycles. The van der Waals surface area contributed by atoms with Crippen molar-refractivity contribution in [2.75, 3.05) is 56.4 Å². The van der Waals surface area contributed by atoms with Gasteiger partial charge in [0.2, 0.25) is 0 Å². The largest absolute Gasteiger partial charge is 0.400 e. The van der Waals surface area contributed by atoms with Crippen LogP contribution in [0.1, 0.15) is 120 Å². The zero-order chi connectivity index (χ0) is 45.9. The molecule has 0 aromatic heterocycles. The molecule has 0 aromatic carbocycles.